The predicted octanol–water partition coefficient (Wildman–Crippen LogP) is -1.41. The van der Waals surface area contributed by atoms with Crippen LogP contribution in [0.25, 0.3) is 0 Å². The predicted molar refractivity (Wildman–Crippen MR) is 54.9 cm³/mol. The van der Waals surface area contributed by atoms with Crippen LogP contribution < -0.4 is 58.2 Å². The molecule has 0 aliphatic rings. The molecule has 0 aliphatic heterocycles. The summed E-state index contributed by atoms with van der Waals surface area (Å²) in [6.07, 6.45) is 0. The van der Waals surface area contributed by atoms with Crippen molar-refractivity contribution in [3.05, 3.63) is 7.43 Å². The molecule has 0 saturated heterocycles. The second-order valence-electron chi connectivity index (χ2n) is 2.61. The Morgan fingerprint density at radius 3 is 1.00 bits per heavy atom. The van der Waals surface area contributed by atoms with Crippen molar-refractivity contribution >= 4 is 0 Å². The molecule has 0 N–H and O–H groups in total. The molecule has 0 aliphatic carbocycles. The second kappa shape index (κ2) is 18.5. The van der Waals surface area contributed by atoms with Crippen LogP contribution in [0.3, 0.4) is 0 Å². The van der Waals surface area contributed by atoms with E-state index in [4.69, 9.17) is 0 Å². The minimum absolute atomic E-state index is 0. The van der Waals surface area contributed by atoms with Crippen molar-refractivity contribution < 1.29 is 58.2 Å². The van der Waals surface area contributed by atoms with Gasteiger partial charge in [0.05, 0.1) is 0 Å². The maximum Gasteiger partial charge on any atom is 1.00 e. The zero-order chi connectivity index (χ0) is 8.57. The van der Waals surface area contributed by atoms with Crippen LogP contribution in [0.1, 0.15) is 13.8 Å². The summed E-state index contributed by atoms with van der Waals surface area (Å²) in [5, 5.41) is 0. The van der Waals surface area contributed by atoms with Crippen molar-refractivity contribution in [2.75, 3.05) is 41.3 Å². The van der Waals surface area contributed by atoms with Gasteiger partial charge in [0.1, 0.15) is 0 Å². The number of rotatable bonds is 3. The zero-order valence-corrected chi connectivity index (χ0v) is 15.2. The van der Waals surface area contributed by atoms with E-state index in [0.717, 1.165) is 13.1 Å². The monoisotopic (exact) mass is 246 g/mol. The third-order valence-corrected chi connectivity index (χ3v) is 0.994. The van der Waals surface area contributed by atoms with Crippen LogP contribution >= 0.6 is 0 Å². The van der Waals surface area contributed by atoms with Gasteiger partial charge in [0.2, 0.25) is 0 Å². The van der Waals surface area contributed by atoms with Crippen molar-refractivity contribution in [2.45, 2.75) is 13.8 Å². The first-order valence-electron chi connectivity index (χ1n) is 3.92. The normalized spacial score (nSPS) is 8.00. The quantitative estimate of drug-likeness (QED) is 0.565. The average molecular weight is 247 g/mol. The summed E-state index contributed by atoms with van der Waals surface area (Å²) in [7, 11) is 8.35. The van der Waals surface area contributed by atoms with Crippen LogP contribution in [0.5, 0.6) is 0 Å². The molecular weight excluding hydrogens is 222 g/mol. The van der Waals surface area contributed by atoms with Gasteiger partial charge >= 0.3 is 58.2 Å². The summed E-state index contributed by atoms with van der Waals surface area (Å²) in [5.41, 5.74) is 0. The van der Waals surface area contributed by atoms with Gasteiger partial charge in [-0.3, -0.25) is 0 Å². The third kappa shape index (κ3) is 29.8. The Labute approximate surface area is 128 Å². The number of hydrogen-bond donors (Lipinski definition) is 0. The van der Waals surface area contributed by atoms with Gasteiger partial charge in [0.25, 0.3) is 0 Å². The number of hydrogen-bond acceptors (Lipinski definition) is 2. The summed E-state index contributed by atoms with van der Waals surface area (Å²) in [5.74, 6) is 0. The van der Waals surface area contributed by atoms with Crippen LogP contribution in [0.15, 0.2) is 0 Å². The molecule has 3 heteroatoms. The van der Waals surface area contributed by atoms with E-state index < -0.39 is 0 Å². The Kier molecular flexibility index (Phi) is 36.2. The largest absolute Gasteiger partial charge is 1.00 e. The molecule has 12 heavy (non-hydrogen) atoms. The van der Waals surface area contributed by atoms with E-state index in [1.54, 1.807) is 0 Å². The first kappa shape index (κ1) is 23.5. The molecule has 0 saturated carbocycles. The van der Waals surface area contributed by atoms with Gasteiger partial charge in [-0.15, -0.1) is 0 Å². The maximum absolute atomic E-state index is 2.18. The number of likely N-dealkylation sites (N-methyl/N-ethyl adjacent to an activating group) is 2. The Hall–Kier alpha value is 1.73. The Morgan fingerprint density at radius 1 is 0.750 bits per heavy atom. The van der Waals surface area contributed by atoms with Crippen molar-refractivity contribution in [1.29, 1.82) is 0 Å². The van der Waals surface area contributed by atoms with Gasteiger partial charge in [-0.05, 0) is 28.2 Å². The van der Waals surface area contributed by atoms with E-state index in [9.17, 15) is 0 Å². The van der Waals surface area contributed by atoms with Gasteiger partial charge in [-0.25, -0.2) is 0 Å². The molecule has 0 aromatic carbocycles. The van der Waals surface area contributed by atoms with Gasteiger partial charge in [-0.1, -0.05) is 13.8 Å². The molecule has 0 atom stereocenters. The Bertz CT molecular complexity index is 48.5. The molecule has 2 nitrogen and oxygen atoms in total. The molecule has 0 heterocycles. The van der Waals surface area contributed by atoms with E-state index in [2.05, 4.69) is 38.0 Å². The fourth-order valence-electron chi connectivity index (χ4n) is 0.400. The molecule has 0 rings (SSSR count). The molecule has 0 aromatic heterocycles. The molecule has 0 radical (unpaired) electrons. The van der Waals surface area contributed by atoms with E-state index in [0.29, 0.717) is 0 Å². The molecule has 0 aromatic rings. The van der Waals surface area contributed by atoms with Gasteiger partial charge in [0.15, 0.2) is 0 Å². The summed E-state index contributed by atoms with van der Waals surface area (Å²) in [4.78, 5) is 4.36. The zero-order valence-electron chi connectivity index (χ0n) is 10.3. The summed E-state index contributed by atoms with van der Waals surface area (Å²) < 4.78 is 0. The molecule has 0 bridgehead atoms. The van der Waals surface area contributed by atoms with E-state index in [1.807, 2.05) is 13.8 Å². The van der Waals surface area contributed by atoms with Crippen molar-refractivity contribution in [2.24, 2.45) is 0 Å². The molecule has 0 unspecified atom stereocenters. The van der Waals surface area contributed by atoms with Crippen LogP contribution in [0.2, 0.25) is 0 Å². The van der Waals surface area contributed by atoms with Crippen molar-refractivity contribution in [1.82, 2.24) is 9.80 Å². The number of nitrogens with zero attached hydrogens (tertiary/aromatic N) is 2. The summed E-state index contributed by atoms with van der Waals surface area (Å²) in [6.45, 7) is 6.29. The van der Waals surface area contributed by atoms with E-state index >= 15 is 0 Å². The topological polar surface area (TPSA) is 6.48 Å². The maximum atomic E-state index is 2.18. The van der Waals surface area contributed by atoms with Gasteiger partial charge < -0.3 is 17.2 Å². The standard InChI is InChI=1S/C6H16N2.C2H6.CH3.Rb/c1-7(2)5-6-8(3)4;1-2;;/h5-6H2,1-4H3;1-2H3;1H3;/q;;-1;+1. The molecule has 0 spiro atoms. The van der Waals surface area contributed by atoms with Crippen LogP contribution in [-0.4, -0.2) is 51.1 Å². The second-order valence-corrected chi connectivity index (χ2v) is 2.61. The first-order chi connectivity index (χ1) is 4.63. The Balaban J connectivity index is -0.0000000740. The fourth-order valence-corrected chi connectivity index (χ4v) is 0.400. The van der Waals surface area contributed by atoms with Crippen LogP contribution in [0, 0.1) is 7.43 Å². The molecule has 0 fully saturated rings. The van der Waals surface area contributed by atoms with Crippen molar-refractivity contribution in [3.8, 4) is 0 Å². The van der Waals surface area contributed by atoms with Gasteiger partial charge in [0, 0.05) is 13.1 Å². The van der Waals surface area contributed by atoms with Crippen LogP contribution in [0.4, 0.5) is 0 Å². The van der Waals surface area contributed by atoms with Crippen molar-refractivity contribution in [3.63, 3.8) is 0 Å². The molecule has 72 valence electrons. The smallest absolute Gasteiger partial charge is 0.358 e. The molecular formula is C9H25N2Rb. The first-order valence-corrected chi connectivity index (χ1v) is 3.92. The SMILES string of the molecule is CC.CN(C)CCN(C)C.[CH3-].[Rb+]. The minimum Gasteiger partial charge on any atom is -0.358 e. The third-order valence-electron chi connectivity index (χ3n) is 0.994. The van der Waals surface area contributed by atoms with E-state index in [1.165, 1.54) is 0 Å². The summed E-state index contributed by atoms with van der Waals surface area (Å²) >= 11 is 0. The van der Waals surface area contributed by atoms with E-state index in [-0.39, 0.29) is 65.6 Å². The Morgan fingerprint density at radius 2 is 0.917 bits per heavy atom. The minimum atomic E-state index is 0. The summed E-state index contributed by atoms with van der Waals surface area (Å²) in [6, 6.07) is 0. The molecule has 0 amide bonds. The van der Waals surface area contributed by atoms with Gasteiger partial charge in [-0.2, -0.15) is 0 Å². The fraction of sp³-hybridized carbons (Fsp3) is 0.889. The average Bonchev–Trinajstić information content (AvgIpc) is 1.89. The van der Waals surface area contributed by atoms with Crippen LogP contribution in [-0.2, 0) is 0 Å².